The maximum atomic E-state index is 11.5. The van der Waals surface area contributed by atoms with E-state index in [0.717, 1.165) is 24.1 Å². The highest BCUT2D eigenvalue weighted by Crippen LogP contribution is 2.23. The van der Waals surface area contributed by atoms with Crippen LogP contribution in [-0.2, 0) is 16.1 Å². The van der Waals surface area contributed by atoms with Gasteiger partial charge in [0, 0.05) is 44.4 Å². The van der Waals surface area contributed by atoms with Gasteiger partial charge in [0.15, 0.2) is 0 Å². The van der Waals surface area contributed by atoms with Gasteiger partial charge in [0.1, 0.15) is 0 Å². The lowest BCUT2D eigenvalue weighted by atomic mass is 9.86. The molecular formula is C18H23N3O3. The van der Waals surface area contributed by atoms with Gasteiger partial charge in [-0.3, -0.25) is 4.79 Å². The van der Waals surface area contributed by atoms with Crippen LogP contribution in [0.1, 0.15) is 18.4 Å². The minimum absolute atomic E-state index is 0.201. The molecule has 0 amide bonds. The van der Waals surface area contributed by atoms with Crippen molar-refractivity contribution in [3.63, 3.8) is 0 Å². The Labute approximate surface area is 141 Å². The molecule has 1 saturated heterocycles. The first-order valence-corrected chi connectivity index (χ1v) is 8.32. The molecule has 1 unspecified atom stereocenters. The Morgan fingerprint density at radius 1 is 1.33 bits per heavy atom. The number of rotatable bonds is 7. The van der Waals surface area contributed by atoms with E-state index in [1.165, 1.54) is 0 Å². The number of hydrogen-bond donors (Lipinski definition) is 2. The molecule has 1 aliphatic rings. The first-order valence-electron chi connectivity index (χ1n) is 8.32. The van der Waals surface area contributed by atoms with Crippen molar-refractivity contribution in [2.45, 2.75) is 19.4 Å². The lowest BCUT2D eigenvalue weighted by molar-refractivity contribution is -0.144. The van der Waals surface area contributed by atoms with Crippen LogP contribution < -0.4 is 5.32 Å². The van der Waals surface area contributed by atoms with Gasteiger partial charge in [-0.05, 0) is 36.5 Å². The Bertz CT molecular complexity index is 634. The lowest BCUT2D eigenvalue weighted by Crippen LogP contribution is -2.36. The van der Waals surface area contributed by atoms with Gasteiger partial charge in [0.25, 0.3) is 0 Å². The van der Waals surface area contributed by atoms with Gasteiger partial charge in [0.05, 0.1) is 12.2 Å². The molecule has 6 heteroatoms. The molecule has 2 heterocycles. The molecule has 2 N–H and O–H groups in total. The summed E-state index contributed by atoms with van der Waals surface area (Å²) in [6.45, 7) is 2.49. The Morgan fingerprint density at radius 2 is 2.08 bits per heavy atom. The summed E-state index contributed by atoms with van der Waals surface area (Å²) in [6.07, 6.45) is 7.07. The number of hydrogen-bond acceptors (Lipinski definition) is 4. The predicted molar refractivity (Wildman–Crippen MR) is 89.9 cm³/mol. The minimum atomic E-state index is -0.718. The zero-order chi connectivity index (χ0) is 16.8. The predicted octanol–water partition coefficient (Wildman–Crippen LogP) is 2.09. The van der Waals surface area contributed by atoms with Crippen LogP contribution in [0.15, 0.2) is 43.0 Å². The van der Waals surface area contributed by atoms with Crippen LogP contribution in [0.4, 0.5) is 0 Å². The summed E-state index contributed by atoms with van der Waals surface area (Å²) >= 11 is 0. The summed E-state index contributed by atoms with van der Waals surface area (Å²) in [6, 6.07) is 8.16. The van der Waals surface area contributed by atoms with Crippen LogP contribution >= 0.6 is 0 Å². The topological polar surface area (TPSA) is 76.4 Å². The fourth-order valence-corrected chi connectivity index (χ4v) is 3.14. The van der Waals surface area contributed by atoms with Gasteiger partial charge in [-0.25, -0.2) is 4.98 Å². The molecule has 2 aromatic rings. The molecule has 128 valence electrons. The molecule has 1 aliphatic heterocycles. The quantitative estimate of drug-likeness (QED) is 0.813. The van der Waals surface area contributed by atoms with E-state index in [4.69, 9.17) is 4.74 Å². The van der Waals surface area contributed by atoms with E-state index in [2.05, 4.69) is 10.3 Å². The monoisotopic (exact) mass is 329 g/mol. The molecule has 0 saturated carbocycles. The molecule has 1 atom stereocenters. The third-order valence-corrected chi connectivity index (χ3v) is 4.58. The maximum Gasteiger partial charge on any atom is 0.308 e. The zero-order valence-electron chi connectivity index (χ0n) is 13.6. The SMILES string of the molecule is O=C(O)C(CNCc1ccc(-n2ccnc2)cc1)C1CCOCC1. The van der Waals surface area contributed by atoms with Crippen LogP contribution in [0.2, 0.25) is 0 Å². The van der Waals surface area contributed by atoms with Crippen molar-refractivity contribution in [3.05, 3.63) is 48.5 Å². The number of carbonyl (C=O) groups is 1. The summed E-state index contributed by atoms with van der Waals surface area (Å²) in [5.74, 6) is -0.864. The molecule has 1 aromatic carbocycles. The van der Waals surface area contributed by atoms with Crippen molar-refractivity contribution in [3.8, 4) is 5.69 Å². The Kier molecular flexibility index (Phi) is 5.61. The average molecular weight is 329 g/mol. The van der Waals surface area contributed by atoms with Crippen molar-refractivity contribution < 1.29 is 14.6 Å². The van der Waals surface area contributed by atoms with E-state index >= 15 is 0 Å². The number of carboxylic acid groups (broad SMARTS) is 1. The zero-order valence-corrected chi connectivity index (χ0v) is 13.6. The van der Waals surface area contributed by atoms with Crippen LogP contribution in [0, 0.1) is 11.8 Å². The largest absolute Gasteiger partial charge is 0.481 e. The highest BCUT2D eigenvalue weighted by atomic mass is 16.5. The van der Waals surface area contributed by atoms with Gasteiger partial charge < -0.3 is 19.7 Å². The summed E-state index contributed by atoms with van der Waals surface area (Å²) in [4.78, 5) is 15.6. The molecule has 24 heavy (non-hydrogen) atoms. The standard InChI is InChI=1S/C18H23N3O3/c22-18(23)17(15-5-9-24-10-6-15)12-20-11-14-1-3-16(4-2-14)21-8-7-19-13-21/h1-4,7-8,13,15,17,20H,5-6,9-12H2,(H,22,23). The molecule has 3 rings (SSSR count). The van der Waals surface area contributed by atoms with Crippen LogP contribution in [-0.4, -0.2) is 40.4 Å². The van der Waals surface area contributed by atoms with Crippen molar-refractivity contribution in [1.29, 1.82) is 0 Å². The second-order valence-corrected chi connectivity index (χ2v) is 6.16. The van der Waals surface area contributed by atoms with Gasteiger partial charge in [-0.1, -0.05) is 12.1 Å². The normalized spacial score (nSPS) is 16.8. The van der Waals surface area contributed by atoms with E-state index in [1.807, 2.05) is 35.0 Å². The number of nitrogens with one attached hydrogen (secondary N) is 1. The molecule has 0 spiro atoms. The van der Waals surface area contributed by atoms with E-state index < -0.39 is 5.97 Å². The van der Waals surface area contributed by atoms with Gasteiger partial charge in [0.2, 0.25) is 0 Å². The van der Waals surface area contributed by atoms with Crippen molar-refractivity contribution >= 4 is 5.97 Å². The van der Waals surface area contributed by atoms with Gasteiger partial charge in [-0.15, -0.1) is 0 Å². The van der Waals surface area contributed by atoms with E-state index in [1.54, 1.807) is 12.5 Å². The first-order chi connectivity index (χ1) is 11.7. The molecule has 1 fully saturated rings. The second kappa shape index (κ2) is 8.08. The first kappa shape index (κ1) is 16.7. The van der Waals surface area contributed by atoms with Crippen LogP contribution in [0.25, 0.3) is 5.69 Å². The third-order valence-electron chi connectivity index (χ3n) is 4.58. The lowest BCUT2D eigenvalue weighted by Gasteiger charge is -2.27. The number of aromatic nitrogens is 2. The van der Waals surface area contributed by atoms with E-state index in [0.29, 0.717) is 26.3 Å². The van der Waals surface area contributed by atoms with Crippen molar-refractivity contribution in [2.24, 2.45) is 11.8 Å². The number of carboxylic acids is 1. The Hall–Kier alpha value is -2.18. The fraction of sp³-hybridized carbons (Fsp3) is 0.444. The highest BCUT2D eigenvalue weighted by molar-refractivity contribution is 5.70. The second-order valence-electron chi connectivity index (χ2n) is 6.16. The minimum Gasteiger partial charge on any atom is -0.481 e. The maximum absolute atomic E-state index is 11.5. The van der Waals surface area contributed by atoms with E-state index in [-0.39, 0.29) is 11.8 Å². The van der Waals surface area contributed by atoms with Crippen LogP contribution in [0.5, 0.6) is 0 Å². The molecule has 0 aliphatic carbocycles. The molecule has 0 bridgehead atoms. The third kappa shape index (κ3) is 4.21. The summed E-state index contributed by atoms with van der Waals surface area (Å²) in [7, 11) is 0. The number of nitrogens with zero attached hydrogens (tertiary/aromatic N) is 2. The summed E-state index contributed by atoms with van der Waals surface area (Å²) < 4.78 is 7.27. The average Bonchev–Trinajstić information content (AvgIpc) is 3.14. The highest BCUT2D eigenvalue weighted by Gasteiger charge is 2.29. The van der Waals surface area contributed by atoms with E-state index in [9.17, 15) is 9.90 Å². The number of ether oxygens (including phenoxy) is 1. The smallest absolute Gasteiger partial charge is 0.308 e. The molecule has 0 radical (unpaired) electrons. The van der Waals surface area contributed by atoms with Gasteiger partial charge >= 0.3 is 5.97 Å². The molecular weight excluding hydrogens is 306 g/mol. The van der Waals surface area contributed by atoms with Crippen molar-refractivity contribution in [1.82, 2.24) is 14.9 Å². The molecule has 1 aromatic heterocycles. The number of imidazole rings is 1. The summed E-state index contributed by atoms with van der Waals surface area (Å²) in [5, 5.41) is 12.8. The number of aliphatic carboxylic acids is 1. The van der Waals surface area contributed by atoms with Gasteiger partial charge in [-0.2, -0.15) is 0 Å². The Morgan fingerprint density at radius 3 is 2.71 bits per heavy atom. The summed E-state index contributed by atoms with van der Waals surface area (Å²) in [5.41, 5.74) is 2.19. The van der Waals surface area contributed by atoms with Crippen LogP contribution in [0.3, 0.4) is 0 Å². The van der Waals surface area contributed by atoms with Crippen molar-refractivity contribution in [2.75, 3.05) is 19.8 Å². The Balaban J connectivity index is 1.52. The number of benzene rings is 1. The fourth-order valence-electron chi connectivity index (χ4n) is 3.14. The molecule has 6 nitrogen and oxygen atoms in total.